The van der Waals surface area contributed by atoms with Gasteiger partial charge in [0.05, 0.1) is 82.1 Å². The van der Waals surface area contributed by atoms with Gasteiger partial charge in [-0.1, -0.05) is 30.2 Å². The Kier molecular flexibility index (Phi) is 17.4. The largest absolute Gasteiger partial charge is 0.418 e. The van der Waals surface area contributed by atoms with Crippen LogP contribution in [0.2, 0.25) is 0 Å². The Bertz CT molecular complexity index is 5870. The summed E-state index contributed by atoms with van der Waals surface area (Å²) in [6.45, 7) is -0.138. The van der Waals surface area contributed by atoms with Gasteiger partial charge in [-0.3, -0.25) is 41.1 Å². The second kappa shape index (κ2) is 26.8. The van der Waals surface area contributed by atoms with Crippen molar-refractivity contribution in [2.45, 2.75) is 113 Å². The molecule has 3 aromatic carbocycles. The average molecular weight is 1490 g/mol. The third-order valence-electron chi connectivity index (χ3n) is 21.7. The molecular weight excluding hydrogens is 1420 g/mol. The van der Waals surface area contributed by atoms with Crippen LogP contribution in [-0.2, 0) is 61.7 Å². The molecule has 13 aromatic rings. The molecule has 0 radical (unpaired) electrons. The lowest BCUT2D eigenvalue weighted by Crippen LogP contribution is -2.36. The van der Waals surface area contributed by atoms with Crippen LogP contribution >= 0.6 is 0 Å². The van der Waals surface area contributed by atoms with Crippen molar-refractivity contribution < 1.29 is 49.1 Å². The maximum absolute atomic E-state index is 15.1. The SMILES string of the molecule is CNC(=O)Cc1cc([C@H](c2nncn2CN(C)C(=O)Cc2cc([C@@H](c3nncn3C)C3CCC3n3cc(-c4cc([C@H](c5nncn5C)C5CCC5)cc(-n5cc6c(C(F)(F)F)cccn6c5=O)c4)nn3)cc(-n3cc4c(C(F)(F)F)cccn4c3=O)c2)C2CCC2)cc(-n2cc3c(C(F)(F)F)cccn3c2=O)c1. The lowest BCUT2D eigenvalue weighted by atomic mass is 9.68. The minimum atomic E-state index is -4.86. The fourth-order valence-corrected chi connectivity index (χ4v) is 15.8. The number of fused-ring (bicyclic) bond motifs is 3. The van der Waals surface area contributed by atoms with Crippen LogP contribution in [0, 0.1) is 17.8 Å². The maximum Gasteiger partial charge on any atom is 0.418 e. The number of nitrogens with zero attached hydrogens (tertiary/aromatic N) is 19. The molecule has 0 spiro atoms. The van der Waals surface area contributed by atoms with Crippen molar-refractivity contribution >= 4 is 28.4 Å². The molecule has 1 N–H and O–H groups in total. The molecule has 556 valence electrons. The Hall–Kier alpha value is -12.0. The Labute approximate surface area is 605 Å². The van der Waals surface area contributed by atoms with Gasteiger partial charge in [0.1, 0.15) is 42.1 Å². The number of likely N-dealkylation sites (N-methyl/N-ethyl adjacent to an activating group) is 2. The predicted molar refractivity (Wildman–Crippen MR) is 371 cm³/mol. The highest BCUT2D eigenvalue weighted by Gasteiger charge is 2.44. The van der Waals surface area contributed by atoms with Crippen LogP contribution < -0.4 is 22.4 Å². The number of imidazole rings is 3. The first kappa shape index (κ1) is 70.3. The van der Waals surface area contributed by atoms with Crippen LogP contribution in [-0.4, -0.2) is 117 Å². The smallest absolute Gasteiger partial charge is 0.359 e. The summed E-state index contributed by atoms with van der Waals surface area (Å²) >= 11 is 0. The summed E-state index contributed by atoms with van der Waals surface area (Å²) in [6, 6.07) is 21.1. The van der Waals surface area contributed by atoms with E-state index in [1.165, 1.54) is 60.0 Å². The monoisotopic (exact) mass is 1490 g/mol. The number of alkyl halides is 9. The summed E-state index contributed by atoms with van der Waals surface area (Å²) in [4.78, 5) is 72.4. The molecule has 34 heteroatoms. The van der Waals surface area contributed by atoms with Crippen LogP contribution in [0.5, 0.6) is 0 Å². The number of halogens is 9. The molecule has 10 aromatic heterocycles. The van der Waals surface area contributed by atoms with E-state index in [1.807, 2.05) is 17.7 Å². The number of aromatic nitrogens is 18. The van der Waals surface area contributed by atoms with Crippen molar-refractivity contribution in [3.05, 3.63) is 247 Å². The molecule has 3 fully saturated rings. The standard InChI is InChI=1S/C74H67F9N20O5/c1-84-61(104)26-41-22-46(30-49(24-41)100-34-58-53(72(75,76)77)14-7-19-97(58)69(100)106)64(44-12-6-13-44)68-91-87-39-96(68)40-95(4)62(105)27-42-23-47(31-50(25-42)101-35-59-54(73(78,79)80)15-8-20-98(59)70(101)107)65(67-90-86-38-94(67)3)52-17-18-57(52)103-33-56(88-92-103)45-28-48(63(43-10-5-11-43)66-89-85-37-93(66)2)32-51(29-45)102-36-60-55(74(81,82)83)16-9-21-99(60)71(102)108/h7-9,14-16,19-25,28-39,43-44,52,57,63-65H,5-6,10-13,17-18,26-27,40H2,1-4H3,(H,84,104)/t52?,57?,63-,64-,65-/m1/s1. The fraction of sp³-hybridized carbons (Fsp3) is 0.338. The van der Waals surface area contributed by atoms with Gasteiger partial charge in [-0.2, -0.15) is 39.5 Å². The van der Waals surface area contributed by atoms with E-state index in [4.69, 9.17) is 10.3 Å². The van der Waals surface area contributed by atoms with E-state index < -0.39 is 87.5 Å². The normalized spacial score (nSPS) is 16.8. The van der Waals surface area contributed by atoms with Gasteiger partial charge >= 0.3 is 35.6 Å². The number of nitrogens with one attached hydrogen (secondary N) is 1. The van der Waals surface area contributed by atoms with Crippen molar-refractivity contribution in [2.75, 3.05) is 14.1 Å². The number of amides is 2. The minimum absolute atomic E-state index is 0.0738. The highest BCUT2D eigenvalue weighted by molar-refractivity contribution is 5.79. The number of carbonyl (C=O) groups is 2. The average Bonchev–Trinajstić information content (AvgIpc) is 1.57. The van der Waals surface area contributed by atoms with E-state index in [0.29, 0.717) is 69.4 Å². The molecule has 3 saturated carbocycles. The number of hydrogen-bond acceptors (Lipinski definition) is 13. The van der Waals surface area contributed by atoms with Crippen LogP contribution in [0.15, 0.2) is 168 Å². The first-order valence-electron chi connectivity index (χ1n) is 34.9. The second-order valence-electron chi connectivity index (χ2n) is 28.3. The Morgan fingerprint density at radius 3 is 1.42 bits per heavy atom. The van der Waals surface area contributed by atoms with Gasteiger partial charge in [0, 0.05) is 88.7 Å². The number of benzene rings is 3. The summed E-state index contributed by atoms with van der Waals surface area (Å²) in [7, 11) is 6.60. The van der Waals surface area contributed by atoms with E-state index in [1.54, 1.807) is 89.0 Å². The van der Waals surface area contributed by atoms with E-state index in [2.05, 4.69) is 35.9 Å². The molecule has 0 saturated heterocycles. The third kappa shape index (κ3) is 12.6. The highest BCUT2D eigenvalue weighted by atomic mass is 19.4. The molecule has 0 aliphatic heterocycles. The van der Waals surface area contributed by atoms with Crippen LogP contribution in [0.4, 0.5) is 39.5 Å². The Morgan fingerprint density at radius 1 is 0.528 bits per heavy atom. The summed E-state index contributed by atoms with van der Waals surface area (Å²) in [5, 5.41) is 38.6. The molecule has 2 unspecified atom stereocenters. The van der Waals surface area contributed by atoms with Gasteiger partial charge in [0.15, 0.2) is 0 Å². The van der Waals surface area contributed by atoms with Crippen molar-refractivity contribution in [3.8, 4) is 28.3 Å². The molecule has 3 aliphatic rings. The predicted octanol–water partition coefficient (Wildman–Crippen LogP) is 10.7. The van der Waals surface area contributed by atoms with Crippen molar-refractivity contribution in [3.63, 3.8) is 0 Å². The summed E-state index contributed by atoms with van der Waals surface area (Å²) in [5.74, 6) is -1.35. The van der Waals surface area contributed by atoms with Gasteiger partial charge in [-0.05, 0) is 163 Å². The molecule has 0 bridgehead atoms. The van der Waals surface area contributed by atoms with E-state index in [-0.39, 0.29) is 71.3 Å². The van der Waals surface area contributed by atoms with Crippen LogP contribution in [0.3, 0.4) is 0 Å². The third-order valence-corrected chi connectivity index (χ3v) is 21.7. The molecular formula is C74H67F9N20O5. The minimum Gasteiger partial charge on any atom is -0.359 e. The van der Waals surface area contributed by atoms with Gasteiger partial charge < -0.3 is 19.4 Å². The van der Waals surface area contributed by atoms with Gasteiger partial charge in [-0.25, -0.2) is 19.1 Å². The first-order valence-corrected chi connectivity index (χ1v) is 34.9. The zero-order chi connectivity index (χ0) is 75.6. The van der Waals surface area contributed by atoms with E-state index in [0.717, 1.165) is 104 Å². The lowest BCUT2D eigenvalue weighted by molar-refractivity contribution is -0.137. The lowest BCUT2D eigenvalue weighted by Gasteiger charge is -2.41. The van der Waals surface area contributed by atoms with Crippen LogP contribution in [0.1, 0.15) is 137 Å². The van der Waals surface area contributed by atoms with Crippen LogP contribution in [0.25, 0.3) is 44.9 Å². The number of carbonyl (C=O) groups excluding carboxylic acids is 2. The fourth-order valence-electron chi connectivity index (χ4n) is 15.8. The molecule has 3 aliphatic carbocycles. The second-order valence-corrected chi connectivity index (χ2v) is 28.3. The Morgan fingerprint density at radius 2 is 0.972 bits per heavy atom. The molecule has 108 heavy (non-hydrogen) atoms. The zero-order valence-corrected chi connectivity index (χ0v) is 58.2. The number of pyridine rings is 3. The maximum atomic E-state index is 15.1. The molecule has 5 atom stereocenters. The van der Waals surface area contributed by atoms with E-state index in [9.17, 15) is 58.7 Å². The summed E-state index contributed by atoms with van der Waals surface area (Å²) in [5.41, 5.74) is -2.59. The van der Waals surface area contributed by atoms with Gasteiger partial charge in [-0.15, -0.1) is 35.7 Å². The molecule has 16 rings (SSSR count). The highest BCUT2D eigenvalue weighted by Crippen LogP contribution is 2.51. The molecule has 2 amide bonds. The van der Waals surface area contributed by atoms with Crippen molar-refractivity contribution in [1.82, 2.24) is 96.4 Å². The number of rotatable bonds is 20. The zero-order valence-electron chi connectivity index (χ0n) is 58.2. The topological polar surface area (TPSA) is 251 Å². The van der Waals surface area contributed by atoms with E-state index >= 15 is 4.79 Å². The summed E-state index contributed by atoms with van der Waals surface area (Å²) < 4.78 is 144. The van der Waals surface area contributed by atoms with Crippen molar-refractivity contribution in [2.24, 2.45) is 31.8 Å². The number of aryl methyl sites for hydroxylation is 2. The number of hydrogen-bond donors (Lipinski definition) is 1. The molecule has 25 nitrogen and oxygen atoms in total. The van der Waals surface area contributed by atoms with Crippen molar-refractivity contribution in [1.29, 1.82) is 0 Å². The quantitative estimate of drug-likeness (QED) is 0.0698. The summed E-state index contributed by atoms with van der Waals surface area (Å²) in [6.07, 6.45) is 4.59. The molecule has 10 heterocycles. The first-order chi connectivity index (χ1) is 51.7. The van der Waals surface area contributed by atoms with Gasteiger partial charge in [0.25, 0.3) is 0 Å². The Balaban J connectivity index is 0.756. The van der Waals surface area contributed by atoms with Gasteiger partial charge in [0.2, 0.25) is 11.8 Å².